The SMILES string of the molecule is CCCOC1CCCN(C(=O)c2cc(S(=O)(=O)N3CCCc4ccccc43)ccc2Cl)C1. The maximum Gasteiger partial charge on any atom is 0.264 e. The molecule has 0 N–H and O–H groups in total. The van der Waals surface area contributed by atoms with Crippen molar-refractivity contribution >= 4 is 33.2 Å². The van der Waals surface area contributed by atoms with Gasteiger partial charge in [0.1, 0.15) is 0 Å². The van der Waals surface area contributed by atoms with Crippen LogP contribution in [0.15, 0.2) is 47.4 Å². The van der Waals surface area contributed by atoms with Gasteiger partial charge in [0.15, 0.2) is 0 Å². The van der Waals surface area contributed by atoms with Crippen LogP contribution in [0.3, 0.4) is 0 Å². The van der Waals surface area contributed by atoms with Crippen molar-refractivity contribution in [2.24, 2.45) is 0 Å². The highest BCUT2D eigenvalue weighted by Gasteiger charge is 2.31. The molecule has 4 rings (SSSR count). The maximum absolute atomic E-state index is 13.5. The number of hydrogen-bond acceptors (Lipinski definition) is 4. The first-order valence-electron chi connectivity index (χ1n) is 11.2. The quantitative estimate of drug-likeness (QED) is 0.615. The molecular formula is C24H29ClN2O4S. The highest BCUT2D eigenvalue weighted by Crippen LogP contribution is 2.33. The molecule has 1 atom stereocenters. The van der Waals surface area contributed by atoms with E-state index >= 15 is 0 Å². The van der Waals surface area contributed by atoms with Gasteiger partial charge in [-0.3, -0.25) is 9.10 Å². The number of sulfonamides is 1. The molecule has 1 fully saturated rings. The number of benzene rings is 2. The molecule has 2 aliphatic rings. The predicted molar refractivity (Wildman–Crippen MR) is 126 cm³/mol. The number of piperidine rings is 1. The molecule has 2 aliphatic heterocycles. The number of amides is 1. The van der Waals surface area contributed by atoms with Crippen LogP contribution in [0.4, 0.5) is 5.69 Å². The van der Waals surface area contributed by atoms with Gasteiger partial charge < -0.3 is 9.64 Å². The Morgan fingerprint density at radius 3 is 2.78 bits per heavy atom. The zero-order chi connectivity index (χ0) is 22.7. The molecule has 1 saturated heterocycles. The molecule has 0 bridgehead atoms. The van der Waals surface area contributed by atoms with Gasteiger partial charge in [0.25, 0.3) is 15.9 Å². The number of para-hydroxylation sites is 1. The lowest BCUT2D eigenvalue weighted by Gasteiger charge is -2.33. The van der Waals surface area contributed by atoms with Gasteiger partial charge in [-0.2, -0.15) is 0 Å². The topological polar surface area (TPSA) is 66.9 Å². The van der Waals surface area contributed by atoms with E-state index in [1.807, 2.05) is 24.3 Å². The van der Waals surface area contributed by atoms with Gasteiger partial charge in [-0.05, 0) is 61.9 Å². The molecule has 2 heterocycles. The van der Waals surface area contributed by atoms with Crippen LogP contribution in [-0.2, 0) is 21.2 Å². The number of halogens is 1. The smallest absolute Gasteiger partial charge is 0.264 e. The normalized spacial score (nSPS) is 19.0. The molecule has 8 heteroatoms. The van der Waals surface area contributed by atoms with Crippen molar-refractivity contribution in [2.75, 3.05) is 30.5 Å². The van der Waals surface area contributed by atoms with Crippen LogP contribution in [-0.4, -0.2) is 51.6 Å². The van der Waals surface area contributed by atoms with Crippen molar-refractivity contribution in [2.45, 2.75) is 50.0 Å². The van der Waals surface area contributed by atoms with E-state index in [4.69, 9.17) is 16.3 Å². The number of aryl methyl sites for hydroxylation is 1. The number of carbonyl (C=O) groups excluding carboxylic acids is 1. The average Bonchev–Trinajstić information content (AvgIpc) is 2.82. The van der Waals surface area contributed by atoms with Crippen LogP contribution in [0.5, 0.6) is 0 Å². The van der Waals surface area contributed by atoms with Crippen LogP contribution < -0.4 is 4.31 Å². The van der Waals surface area contributed by atoms with Gasteiger partial charge in [0, 0.05) is 26.2 Å². The highest BCUT2D eigenvalue weighted by molar-refractivity contribution is 7.92. The molecule has 2 aromatic rings. The summed E-state index contributed by atoms with van der Waals surface area (Å²) in [6.07, 6.45) is 4.30. The Balaban J connectivity index is 1.61. The number of hydrogen-bond donors (Lipinski definition) is 0. The van der Waals surface area contributed by atoms with Gasteiger partial charge in [-0.25, -0.2) is 8.42 Å². The summed E-state index contributed by atoms with van der Waals surface area (Å²) < 4.78 is 34.3. The molecule has 1 amide bonds. The molecular weight excluding hydrogens is 448 g/mol. The second kappa shape index (κ2) is 9.81. The first-order valence-corrected chi connectivity index (χ1v) is 13.0. The van der Waals surface area contributed by atoms with E-state index in [-0.39, 0.29) is 27.5 Å². The Bertz CT molecular complexity index is 1090. The van der Waals surface area contributed by atoms with Gasteiger partial charge in [0.05, 0.1) is 27.3 Å². The van der Waals surface area contributed by atoms with Gasteiger partial charge >= 0.3 is 0 Å². The molecule has 0 spiro atoms. The van der Waals surface area contributed by atoms with Crippen LogP contribution >= 0.6 is 11.6 Å². The monoisotopic (exact) mass is 476 g/mol. The Labute approximate surface area is 195 Å². The summed E-state index contributed by atoms with van der Waals surface area (Å²) in [6, 6.07) is 12.0. The van der Waals surface area contributed by atoms with Crippen LogP contribution in [0.25, 0.3) is 0 Å². The summed E-state index contributed by atoms with van der Waals surface area (Å²) in [5, 5.41) is 0.254. The fourth-order valence-electron chi connectivity index (χ4n) is 4.42. The molecule has 0 aromatic heterocycles. The minimum Gasteiger partial charge on any atom is -0.376 e. The van der Waals surface area contributed by atoms with E-state index in [9.17, 15) is 13.2 Å². The second-order valence-electron chi connectivity index (χ2n) is 8.34. The summed E-state index contributed by atoms with van der Waals surface area (Å²) in [5.41, 5.74) is 1.93. The van der Waals surface area contributed by atoms with E-state index in [1.54, 1.807) is 4.90 Å². The number of carbonyl (C=O) groups is 1. The summed E-state index contributed by atoms with van der Waals surface area (Å²) in [4.78, 5) is 15.1. The number of ether oxygens (including phenoxy) is 1. The minimum atomic E-state index is -3.82. The summed E-state index contributed by atoms with van der Waals surface area (Å²) >= 11 is 6.36. The molecule has 32 heavy (non-hydrogen) atoms. The van der Waals surface area contributed by atoms with E-state index in [2.05, 4.69) is 6.92 Å². The lowest BCUT2D eigenvalue weighted by Crippen LogP contribution is -2.43. The van der Waals surface area contributed by atoms with Crippen LogP contribution in [0.2, 0.25) is 5.02 Å². The Kier molecular flexibility index (Phi) is 7.08. The molecule has 2 aromatic carbocycles. The van der Waals surface area contributed by atoms with Gasteiger partial charge in [-0.15, -0.1) is 0 Å². The highest BCUT2D eigenvalue weighted by atomic mass is 35.5. The fraction of sp³-hybridized carbons (Fsp3) is 0.458. The zero-order valence-corrected chi connectivity index (χ0v) is 19.9. The summed E-state index contributed by atoms with van der Waals surface area (Å²) in [5.74, 6) is -0.254. The summed E-state index contributed by atoms with van der Waals surface area (Å²) in [6.45, 7) is 4.23. The van der Waals surface area contributed by atoms with E-state index in [0.717, 1.165) is 37.7 Å². The molecule has 0 radical (unpaired) electrons. The standard InChI is InChI=1S/C24H29ClN2O4S/c1-2-15-31-19-9-6-13-26(17-19)24(28)21-16-20(11-12-22(21)25)32(29,30)27-14-5-8-18-7-3-4-10-23(18)27/h3-4,7,10-12,16,19H,2,5-6,8-9,13-15,17H2,1H3. The van der Waals surface area contributed by atoms with Crippen molar-refractivity contribution in [3.63, 3.8) is 0 Å². The van der Waals surface area contributed by atoms with Crippen molar-refractivity contribution in [3.8, 4) is 0 Å². The van der Waals surface area contributed by atoms with Gasteiger partial charge in [-0.1, -0.05) is 36.7 Å². The molecule has 172 valence electrons. The van der Waals surface area contributed by atoms with Crippen molar-refractivity contribution in [3.05, 3.63) is 58.6 Å². The zero-order valence-electron chi connectivity index (χ0n) is 18.3. The Hall–Kier alpha value is -2.09. The Morgan fingerprint density at radius 2 is 1.97 bits per heavy atom. The lowest BCUT2D eigenvalue weighted by molar-refractivity contribution is 0.00211. The number of likely N-dealkylation sites (tertiary alicyclic amines) is 1. The number of rotatable bonds is 6. The van der Waals surface area contributed by atoms with Crippen LogP contribution in [0.1, 0.15) is 48.5 Å². The first-order chi connectivity index (χ1) is 15.4. The molecule has 1 unspecified atom stereocenters. The third-order valence-corrected chi connectivity index (χ3v) is 8.19. The predicted octanol–water partition coefficient (Wildman–Crippen LogP) is 4.51. The average molecular weight is 477 g/mol. The fourth-order valence-corrected chi connectivity index (χ4v) is 6.18. The first kappa shape index (κ1) is 23.1. The van der Waals surface area contributed by atoms with Crippen LogP contribution in [0, 0.1) is 0 Å². The maximum atomic E-state index is 13.5. The molecule has 0 saturated carbocycles. The molecule has 0 aliphatic carbocycles. The van der Waals surface area contributed by atoms with Crippen molar-refractivity contribution in [1.82, 2.24) is 4.90 Å². The van der Waals surface area contributed by atoms with Crippen molar-refractivity contribution in [1.29, 1.82) is 0 Å². The third kappa shape index (κ3) is 4.65. The Morgan fingerprint density at radius 1 is 1.16 bits per heavy atom. The van der Waals surface area contributed by atoms with E-state index in [1.165, 1.54) is 22.5 Å². The number of fused-ring (bicyclic) bond motifs is 1. The van der Waals surface area contributed by atoms with E-state index in [0.29, 0.717) is 31.9 Å². The largest absolute Gasteiger partial charge is 0.376 e. The van der Waals surface area contributed by atoms with Gasteiger partial charge in [0.2, 0.25) is 0 Å². The minimum absolute atomic E-state index is 0.00296. The lowest BCUT2D eigenvalue weighted by atomic mass is 10.0. The summed E-state index contributed by atoms with van der Waals surface area (Å²) in [7, 11) is -3.82. The van der Waals surface area contributed by atoms with E-state index < -0.39 is 10.0 Å². The molecule has 6 nitrogen and oxygen atoms in total. The van der Waals surface area contributed by atoms with Crippen molar-refractivity contribution < 1.29 is 17.9 Å². The number of nitrogens with zero attached hydrogens (tertiary/aromatic N) is 2. The second-order valence-corrected chi connectivity index (χ2v) is 10.6. The third-order valence-electron chi connectivity index (χ3n) is 6.05. The number of anilines is 1.